The standard InChI is InChI=1S/C14H20ClN5O2/c1-14(2)19-12(16)18-13(17)20(14)22-8-4-7-21-11-6-3-5-10(15)9-11/h3,5-6,9H,4,7-8H2,1-2H3,(H4,16,17,18,19). The second-order valence-corrected chi connectivity index (χ2v) is 5.66. The fraction of sp³-hybridized carbons (Fsp3) is 0.429. The first kappa shape index (κ1) is 16.4. The monoisotopic (exact) mass is 325 g/mol. The molecule has 120 valence electrons. The van der Waals surface area contributed by atoms with E-state index in [-0.39, 0.29) is 11.9 Å². The van der Waals surface area contributed by atoms with Crippen LogP contribution in [0.1, 0.15) is 20.3 Å². The number of hydroxylamine groups is 2. The number of benzene rings is 1. The minimum Gasteiger partial charge on any atom is -0.493 e. The van der Waals surface area contributed by atoms with E-state index in [0.717, 1.165) is 5.75 Å². The summed E-state index contributed by atoms with van der Waals surface area (Å²) in [5, 5.41) is 2.09. The molecular formula is C14H20ClN5O2. The van der Waals surface area contributed by atoms with Gasteiger partial charge >= 0.3 is 0 Å². The van der Waals surface area contributed by atoms with E-state index in [1.807, 2.05) is 26.0 Å². The largest absolute Gasteiger partial charge is 0.493 e. The summed E-state index contributed by atoms with van der Waals surface area (Å²) < 4.78 is 5.58. The van der Waals surface area contributed by atoms with Gasteiger partial charge in [0, 0.05) is 11.4 Å². The van der Waals surface area contributed by atoms with Gasteiger partial charge in [0.2, 0.25) is 11.9 Å². The third kappa shape index (κ3) is 4.25. The van der Waals surface area contributed by atoms with Gasteiger partial charge in [-0.3, -0.25) is 4.84 Å². The number of hydrogen-bond donors (Lipinski definition) is 2. The molecule has 0 saturated carbocycles. The van der Waals surface area contributed by atoms with Crippen molar-refractivity contribution in [1.29, 1.82) is 0 Å². The Balaban J connectivity index is 1.76. The van der Waals surface area contributed by atoms with Crippen LogP contribution in [0.15, 0.2) is 34.3 Å². The molecule has 0 bridgehead atoms. The van der Waals surface area contributed by atoms with E-state index in [1.165, 1.54) is 5.06 Å². The van der Waals surface area contributed by atoms with Gasteiger partial charge in [0.25, 0.3) is 0 Å². The zero-order chi connectivity index (χ0) is 16.2. The summed E-state index contributed by atoms with van der Waals surface area (Å²) in [7, 11) is 0. The molecule has 0 fully saturated rings. The van der Waals surface area contributed by atoms with Gasteiger partial charge in [0.15, 0.2) is 5.66 Å². The molecule has 22 heavy (non-hydrogen) atoms. The summed E-state index contributed by atoms with van der Waals surface area (Å²) >= 11 is 5.88. The van der Waals surface area contributed by atoms with Crippen LogP contribution >= 0.6 is 11.6 Å². The third-order valence-electron chi connectivity index (χ3n) is 2.90. The van der Waals surface area contributed by atoms with Crippen LogP contribution in [-0.2, 0) is 4.84 Å². The van der Waals surface area contributed by atoms with E-state index in [4.69, 9.17) is 32.6 Å². The van der Waals surface area contributed by atoms with Crippen LogP contribution < -0.4 is 16.2 Å². The van der Waals surface area contributed by atoms with Crippen LogP contribution in [0.4, 0.5) is 0 Å². The SMILES string of the molecule is CC1(C)N=C(N)N=C(N)N1OCCCOc1cccc(Cl)c1. The van der Waals surface area contributed by atoms with Crippen molar-refractivity contribution in [2.75, 3.05) is 13.2 Å². The predicted octanol–water partition coefficient (Wildman–Crippen LogP) is 1.72. The van der Waals surface area contributed by atoms with Crippen molar-refractivity contribution in [2.45, 2.75) is 25.9 Å². The van der Waals surface area contributed by atoms with Gasteiger partial charge in [-0.1, -0.05) is 17.7 Å². The molecule has 1 aliphatic heterocycles. The summed E-state index contributed by atoms with van der Waals surface area (Å²) in [5.74, 6) is 1.06. The molecular weight excluding hydrogens is 306 g/mol. The molecule has 0 amide bonds. The van der Waals surface area contributed by atoms with Gasteiger partial charge < -0.3 is 16.2 Å². The van der Waals surface area contributed by atoms with Crippen LogP contribution in [0.5, 0.6) is 5.75 Å². The zero-order valence-electron chi connectivity index (χ0n) is 12.6. The molecule has 0 saturated heterocycles. The Hall–Kier alpha value is -1.99. The van der Waals surface area contributed by atoms with E-state index < -0.39 is 5.66 Å². The molecule has 0 atom stereocenters. The van der Waals surface area contributed by atoms with Crippen LogP contribution in [0.2, 0.25) is 5.02 Å². The van der Waals surface area contributed by atoms with Crippen LogP contribution in [0.25, 0.3) is 0 Å². The fourth-order valence-electron chi connectivity index (χ4n) is 1.98. The zero-order valence-corrected chi connectivity index (χ0v) is 13.4. The summed E-state index contributed by atoms with van der Waals surface area (Å²) in [4.78, 5) is 13.7. The predicted molar refractivity (Wildman–Crippen MR) is 86.7 cm³/mol. The van der Waals surface area contributed by atoms with E-state index in [1.54, 1.807) is 12.1 Å². The Bertz CT molecular complexity index is 588. The number of nitrogens with two attached hydrogens (primary N) is 2. The summed E-state index contributed by atoms with van der Waals surface area (Å²) in [6.07, 6.45) is 0.672. The molecule has 0 unspecified atom stereocenters. The number of hydrogen-bond acceptors (Lipinski definition) is 7. The molecule has 1 aromatic carbocycles. The van der Waals surface area contributed by atoms with E-state index in [2.05, 4.69) is 9.98 Å². The van der Waals surface area contributed by atoms with Crippen LogP contribution in [0.3, 0.4) is 0 Å². The second kappa shape index (κ2) is 6.85. The summed E-state index contributed by atoms with van der Waals surface area (Å²) in [6.45, 7) is 4.58. The molecule has 1 aliphatic rings. The average Bonchev–Trinajstić information content (AvgIpc) is 2.40. The lowest BCUT2D eigenvalue weighted by Crippen LogP contribution is -2.53. The van der Waals surface area contributed by atoms with Crippen molar-refractivity contribution in [3.8, 4) is 5.75 Å². The highest BCUT2D eigenvalue weighted by molar-refractivity contribution is 6.30. The highest BCUT2D eigenvalue weighted by Gasteiger charge is 2.32. The molecule has 8 heteroatoms. The Morgan fingerprint density at radius 2 is 2.05 bits per heavy atom. The third-order valence-corrected chi connectivity index (χ3v) is 3.13. The normalized spacial score (nSPS) is 17.0. The lowest BCUT2D eigenvalue weighted by Gasteiger charge is -2.36. The Kier molecular flexibility index (Phi) is 5.10. The van der Waals surface area contributed by atoms with Crippen molar-refractivity contribution >= 4 is 23.5 Å². The minimum atomic E-state index is -0.691. The van der Waals surface area contributed by atoms with Crippen molar-refractivity contribution in [2.24, 2.45) is 21.5 Å². The number of ether oxygens (including phenoxy) is 1. The van der Waals surface area contributed by atoms with Crippen molar-refractivity contribution in [3.63, 3.8) is 0 Å². The van der Waals surface area contributed by atoms with Crippen molar-refractivity contribution in [3.05, 3.63) is 29.3 Å². The molecule has 1 aromatic rings. The maximum atomic E-state index is 5.88. The van der Waals surface area contributed by atoms with E-state index in [9.17, 15) is 0 Å². The molecule has 7 nitrogen and oxygen atoms in total. The van der Waals surface area contributed by atoms with E-state index >= 15 is 0 Å². The topological polar surface area (TPSA) is 98.5 Å². The molecule has 0 aromatic heterocycles. The van der Waals surface area contributed by atoms with Gasteiger partial charge in [-0.05, 0) is 32.0 Å². The number of halogens is 1. The minimum absolute atomic E-state index is 0.145. The first-order valence-corrected chi connectivity index (χ1v) is 7.27. The number of guanidine groups is 2. The average molecular weight is 326 g/mol. The molecule has 0 aliphatic carbocycles. The van der Waals surface area contributed by atoms with Crippen LogP contribution in [0, 0.1) is 0 Å². The maximum absolute atomic E-state index is 5.88. The van der Waals surface area contributed by atoms with Crippen molar-refractivity contribution < 1.29 is 9.57 Å². The summed E-state index contributed by atoms with van der Waals surface area (Å²) in [6, 6.07) is 7.25. The number of aliphatic imine (C=N–C) groups is 2. The number of rotatable bonds is 6. The fourth-order valence-corrected chi connectivity index (χ4v) is 2.16. The van der Waals surface area contributed by atoms with Crippen molar-refractivity contribution in [1.82, 2.24) is 5.06 Å². The van der Waals surface area contributed by atoms with Gasteiger partial charge in [0.05, 0.1) is 13.2 Å². The second-order valence-electron chi connectivity index (χ2n) is 5.22. The lowest BCUT2D eigenvalue weighted by atomic mass is 10.2. The Labute approximate surface area is 134 Å². The van der Waals surface area contributed by atoms with E-state index in [0.29, 0.717) is 24.7 Å². The number of nitrogens with zero attached hydrogens (tertiary/aromatic N) is 3. The molecule has 0 radical (unpaired) electrons. The highest BCUT2D eigenvalue weighted by Crippen LogP contribution is 2.20. The molecule has 0 spiro atoms. The van der Waals surface area contributed by atoms with Gasteiger partial charge in [0.1, 0.15) is 5.75 Å². The maximum Gasteiger partial charge on any atom is 0.226 e. The summed E-state index contributed by atoms with van der Waals surface area (Å²) in [5.41, 5.74) is 10.7. The Morgan fingerprint density at radius 1 is 1.27 bits per heavy atom. The smallest absolute Gasteiger partial charge is 0.226 e. The first-order valence-electron chi connectivity index (χ1n) is 6.89. The molecule has 2 rings (SSSR count). The molecule has 4 N–H and O–H groups in total. The lowest BCUT2D eigenvalue weighted by molar-refractivity contribution is -0.158. The first-order chi connectivity index (χ1) is 10.4. The Morgan fingerprint density at radius 3 is 2.73 bits per heavy atom. The molecule has 1 heterocycles. The van der Waals surface area contributed by atoms with Crippen LogP contribution in [-0.4, -0.2) is 35.9 Å². The quantitative estimate of drug-likeness (QED) is 0.776. The highest BCUT2D eigenvalue weighted by atomic mass is 35.5. The van der Waals surface area contributed by atoms with Gasteiger partial charge in [-0.2, -0.15) is 10.1 Å². The van der Waals surface area contributed by atoms with Gasteiger partial charge in [-0.15, -0.1) is 0 Å². The van der Waals surface area contributed by atoms with Gasteiger partial charge in [-0.25, -0.2) is 4.99 Å².